The third-order valence-electron chi connectivity index (χ3n) is 2.23. The monoisotopic (exact) mass is 420 g/mol. The van der Waals surface area contributed by atoms with Gasteiger partial charge in [0.2, 0.25) is 0 Å². The number of aliphatic imine (C=N–C) groups is 1. The molecule has 0 aromatic carbocycles. The molecular formula is C17H36N2SSn. The predicted octanol–water partition coefficient (Wildman–Crippen LogP) is 5.97. The van der Waals surface area contributed by atoms with Crippen LogP contribution in [0.4, 0.5) is 0 Å². The molecule has 21 heavy (non-hydrogen) atoms. The summed E-state index contributed by atoms with van der Waals surface area (Å²) in [7, 11) is 0. The largest absolute Gasteiger partial charge is 0.334 e. The second kappa shape index (κ2) is 32.2. The second-order valence-corrected chi connectivity index (χ2v) is 5.02. The fraction of sp³-hybridized carbons (Fsp3) is 0.765. The summed E-state index contributed by atoms with van der Waals surface area (Å²) in [5, 5.41) is 3.83. The quantitative estimate of drug-likeness (QED) is 0.450. The molecule has 2 nitrogen and oxygen atoms in total. The zero-order valence-electron chi connectivity index (χ0n) is 15.3. The molecule has 0 aromatic heterocycles. The number of thioether (sulfide) groups is 1. The van der Waals surface area contributed by atoms with Gasteiger partial charge in [0, 0.05) is 30.1 Å². The Morgan fingerprint density at radius 2 is 1.29 bits per heavy atom. The van der Waals surface area contributed by atoms with E-state index in [9.17, 15) is 0 Å². The van der Waals surface area contributed by atoms with Crippen LogP contribution in [0, 0.1) is 0 Å². The van der Waals surface area contributed by atoms with Crippen molar-refractivity contribution in [2.24, 2.45) is 4.99 Å². The molecule has 0 aliphatic carbocycles. The molecule has 4 radical (unpaired) electrons. The van der Waals surface area contributed by atoms with Crippen molar-refractivity contribution >= 4 is 40.8 Å². The summed E-state index contributed by atoms with van der Waals surface area (Å²) in [6.07, 6.45) is 13.3. The fourth-order valence-corrected chi connectivity index (χ4v) is 0.720. The predicted molar refractivity (Wildman–Crippen MR) is 104 cm³/mol. The molecule has 1 heterocycles. The van der Waals surface area contributed by atoms with Gasteiger partial charge in [-0.3, -0.25) is 0 Å². The van der Waals surface area contributed by atoms with Gasteiger partial charge >= 0.3 is 0 Å². The third-order valence-corrected chi connectivity index (χ3v) is 2.84. The molecule has 124 valence electrons. The summed E-state index contributed by atoms with van der Waals surface area (Å²) in [6.45, 7) is 13.1. The normalized spacial score (nSPS) is 10.1. The van der Waals surface area contributed by atoms with Crippen molar-refractivity contribution in [2.75, 3.05) is 6.26 Å². The molecule has 0 unspecified atom stereocenters. The second-order valence-electron chi connectivity index (χ2n) is 4.22. The minimum atomic E-state index is 0. The van der Waals surface area contributed by atoms with Gasteiger partial charge in [-0.25, -0.2) is 4.99 Å². The number of unbranched alkanes of at least 4 members (excludes halogenated alkanes) is 3. The van der Waals surface area contributed by atoms with E-state index in [1.807, 2.05) is 6.26 Å². The van der Waals surface area contributed by atoms with E-state index in [0.29, 0.717) is 0 Å². The molecule has 0 amide bonds. The van der Waals surface area contributed by atoms with E-state index in [2.05, 4.69) is 57.6 Å². The Labute approximate surface area is 155 Å². The Morgan fingerprint density at radius 1 is 0.905 bits per heavy atom. The smallest absolute Gasteiger partial charge is 0.165 e. The maximum Gasteiger partial charge on any atom is 0.165 e. The molecule has 1 rings (SSSR count). The van der Waals surface area contributed by atoms with Crippen LogP contribution in [-0.2, 0) is 0 Å². The SMILES string of the molecule is CCCC.CCCC.CCCC.CSC1=NC=C=CN1.[Sn]. The minimum absolute atomic E-state index is 0. The van der Waals surface area contributed by atoms with Crippen molar-refractivity contribution in [2.45, 2.75) is 80.1 Å². The molecule has 0 spiro atoms. The van der Waals surface area contributed by atoms with Gasteiger partial charge in [0.05, 0.1) is 6.20 Å². The summed E-state index contributed by atoms with van der Waals surface area (Å²) in [5.74, 6) is 0. The van der Waals surface area contributed by atoms with Crippen molar-refractivity contribution in [3.8, 4) is 0 Å². The van der Waals surface area contributed by atoms with Crippen LogP contribution < -0.4 is 5.32 Å². The average molecular weight is 419 g/mol. The van der Waals surface area contributed by atoms with Gasteiger partial charge in [0.15, 0.2) is 5.17 Å². The summed E-state index contributed by atoms with van der Waals surface area (Å²) in [4.78, 5) is 3.95. The fourth-order valence-electron chi connectivity index (χ4n) is 0.385. The van der Waals surface area contributed by atoms with Crippen LogP contribution in [0.15, 0.2) is 23.1 Å². The van der Waals surface area contributed by atoms with Crippen LogP contribution >= 0.6 is 11.8 Å². The van der Waals surface area contributed by atoms with E-state index in [1.165, 1.54) is 38.5 Å². The van der Waals surface area contributed by atoms with Crippen molar-refractivity contribution in [1.29, 1.82) is 0 Å². The third kappa shape index (κ3) is 38.4. The molecule has 0 saturated heterocycles. The molecule has 0 atom stereocenters. The Kier molecular flexibility index (Phi) is 44.7. The maximum atomic E-state index is 3.95. The minimum Gasteiger partial charge on any atom is -0.334 e. The van der Waals surface area contributed by atoms with Crippen LogP contribution in [0.25, 0.3) is 0 Å². The summed E-state index contributed by atoms with van der Waals surface area (Å²) in [5.41, 5.74) is 2.79. The van der Waals surface area contributed by atoms with Crippen molar-refractivity contribution in [1.82, 2.24) is 5.32 Å². The number of nitrogens with one attached hydrogen (secondary N) is 1. The van der Waals surface area contributed by atoms with Gasteiger partial charge in [-0.15, -0.1) is 0 Å². The van der Waals surface area contributed by atoms with Gasteiger partial charge in [0.25, 0.3) is 0 Å². The van der Waals surface area contributed by atoms with Gasteiger partial charge < -0.3 is 5.32 Å². The number of hydrogen-bond donors (Lipinski definition) is 1. The Balaban J connectivity index is -0.0000000973. The van der Waals surface area contributed by atoms with Gasteiger partial charge in [0.1, 0.15) is 0 Å². The first-order chi connectivity index (χ1) is 9.67. The number of hydrogen-bond acceptors (Lipinski definition) is 3. The first-order valence-corrected chi connectivity index (χ1v) is 9.18. The van der Waals surface area contributed by atoms with Crippen LogP contribution in [0.1, 0.15) is 80.1 Å². The Morgan fingerprint density at radius 3 is 1.43 bits per heavy atom. The summed E-state index contributed by atoms with van der Waals surface area (Å²) < 4.78 is 0. The average Bonchev–Trinajstić information content (AvgIpc) is 2.56. The van der Waals surface area contributed by atoms with E-state index >= 15 is 0 Å². The number of rotatable bonds is 3. The molecule has 0 saturated carbocycles. The molecule has 0 fully saturated rings. The number of amidine groups is 1. The Bertz CT molecular complexity index is 232. The zero-order chi connectivity index (χ0) is 16.1. The zero-order valence-corrected chi connectivity index (χ0v) is 18.9. The molecule has 0 bridgehead atoms. The topological polar surface area (TPSA) is 24.4 Å². The van der Waals surface area contributed by atoms with Crippen LogP contribution in [-0.4, -0.2) is 35.3 Å². The first-order valence-electron chi connectivity index (χ1n) is 7.95. The van der Waals surface area contributed by atoms with Crippen LogP contribution in [0.3, 0.4) is 0 Å². The van der Waals surface area contributed by atoms with E-state index in [1.54, 1.807) is 24.2 Å². The van der Waals surface area contributed by atoms with E-state index in [4.69, 9.17) is 0 Å². The number of nitrogens with zero attached hydrogens (tertiary/aromatic N) is 1. The van der Waals surface area contributed by atoms with Crippen molar-refractivity contribution < 1.29 is 0 Å². The van der Waals surface area contributed by atoms with Gasteiger partial charge in [-0.2, -0.15) is 0 Å². The molecule has 1 aliphatic rings. The van der Waals surface area contributed by atoms with Crippen LogP contribution in [0.5, 0.6) is 0 Å². The van der Waals surface area contributed by atoms with Crippen molar-refractivity contribution in [3.63, 3.8) is 0 Å². The molecule has 0 aromatic rings. The Hall–Kier alpha value is 0.139. The van der Waals surface area contributed by atoms with Gasteiger partial charge in [-0.05, 0) is 6.26 Å². The van der Waals surface area contributed by atoms with E-state index in [-0.39, 0.29) is 23.9 Å². The maximum absolute atomic E-state index is 3.95. The summed E-state index contributed by atoms with van der Waals surface area (Å²) in [6, 6.07) is 0. The standard InChI is InChI=1S/C5H6N2S.3C4H10.Sn/c1-8-5-6-3-2-4-7-5;3*1-3-4-2;/h3-4H,1H3,(H,6,7);3*3-4H2,1-2H3;. The van der Waals surface area contributed by atoms with E-state index in [0.717, 1.165) is 5.17 Å². The van der Waals surface area contributed by atoms with Gasteiger partial charge in [-0.1, -0.05) is 97.6 Å². The molecule has 1 N–H and O–H groups in total. The van der Waals surface area contributed by atoms with E-state index < -0.39 is 0 Å². The van der Waals surface area contributed by atoms with Crippen molar-refractivity contribution in [3.05, 3.63) is 18.1 Å². The molecule has 4 heteroatoms. The summed E-state index contributed by atoms with van der Waals surface area (Å²) >= 11 is 1.58. The van der Waals surface area contributed by atoms with Crippen LogP contribution in [0.2, 0.25) is 0 Å². The molecular weight excluding hydrogens is 383 g/mol. The molecule has 1 aliphatic heterocycles. The first kappa shape index (κ1) is 29.2.